The van der Waals surface area contributed by atoms with Crippen molar-refractivity contribution in [1.29, 1.82) is 0 Å². The number of aryl methyl sites for hydroxylation is 1. The lowest BCUT2D eigenvalue weighted by atomic mass is 10.1. The molecule has 5 rings (SSSR count). The maximum absolute atomic E-state index is 12.9. The van der Waals surface area contributed by atoms with Gasteiger partial charge in [0.05, 0.1) is 29.4 Å². The summed E-state index contributed by atoms with van der Waals surface area (Å²) in [4.78, 5) is 22.6. The van der Waals surface area contributed by atoms with Gasteiger partial charge in [0.15, 0.2) is 12.4 Å². The molecular formula is C21H21N5O5S. The van der Waals surface area contributed by atoms with E-state index >= 15 is 0 Å². The van der Waals surface area contributed by atoms with E-state index < -0.39 is 10.0 Å². The van der Waals surface area contributed by atoms with E-state index in [0.29, 0.717) is 40.3 Å². The number of anilines is 1. The molecule has 2 aliphatic rings. The second-order valence-corrected chi connectivity index (χ2v) is 9.56. The number of carbonyl (C=O) groups excluding carboxylic acids is 1. The summed E-state index contributed by atoms with van der Waals surface area (Å²) in [5.74, 6) is 1.35. The molecule has 1 fully saturated rings. The van der Waals surface area contributed by atoms with Crippen LogP contribution in [0.15, 0.2) is 45.9 Å². The minimum atomic E-state index is -3.82. The quantitative estimate of drug-likeness (QED) is 0.573. The van der Waals surface area contributed by atoms with Crippen LogP contribution < -0.4 is 14.4 Å². The third-order valence-corrected chi connectivity index (χ3v) is 6.91. The molecule has 10 nitrogen and oxygen atoms in total. The molecule has 2 aromatic heterocycles. The molecule has 1 amide bonds. The van der Waals surface area contributed by atoms with E-state index in [-0.39, 0.29) is 30.5 Å². The van der Waals surface area contributed by atoms with Crippen molar-refractivity contribution in [2.75, 3.05) is 11.5 Å². The smallest absolute Gasteiger partial charge is 0.265 e. The van der Waals surface area contributed by atoms with Gasteiger partial charge in [-0.1, -0.05) is 11.2 Å². The Morgan fingerprint density at radius 1 is 1.25 bits per heavy atom. The summed E-state index contributed by atoms with van der Waals surface area (Å²) in [6.07, 6.45) is 3.67. The number of ether oxygens (including phenoxy) is 1. The number of nitrogens with zero attached hydrogens (tertiary/aromatic N) is 4. The lowest BCUT2D eigenvalue weighted by Crippen LogP contribution is -2.38. The van der Waals surface area contributed by atoms with Crippen molar-refractivity contribution >= 4 is 21.6 Å². The molecule has 0 unspecified atom stereocenters. The van der Waals surface area contributed by atoms with Crippen LogP contribution in [0.5, 0.6) is 5.75 Å². The highest BCUT2D eigenvalue weighted by Crippen LogP contribution is 2.40. The monoisotopic (exact) mass is 455 g/mol. The Bertz CT molecular complexity index is 1270. The van der Waals surface area contributed by atoms with Gasteiger partial charge in [0.25, 0.3) is 5.91 Å². The van der Waals surface area contributed by atoms with Crippen LogP contribution in [-0.4, -0.2) is 36.1 Å². The van der Waals surface area contributed by atoms with Crippen molar-refractivity contribution in [2.45, 2.75) is 43.7 Å². The molecule has 0 bridgehead atoms. The molecule has 1 N–H and O–H groups in total. The van der Waals surface area contributed by atoms with Gasteiger partial charge in [-0.2, -0.15) is 4.98 Å². The summed E-state index contributed by atoms with van der Waals surface area (Å²) in [5.41, 5.74) is 1.55. The minimum Gasteiger partial charge on any atom is -0.482 e. The van der Waals surface area contributed by atoms with Crippen molar-refractivity contribution in [3.8, 4) is 5.75 Å². The van der Waals surface area contributed by atoms with Crippen molar-refractivity contribution in [1.82, 2.24) is 19.8 Å². The zero-order chi connectivity index (χ0) is 22.3. The first-order chi connectivity index (χ1) is 15.4. The van der Waals surface area contributed by atoms with E-state index in [1.807, 2.05) is 0 Å². The van der Waals surface area contributed by atoms with Gasteiger partial charge in [0.2, 0.25) is 15.9 Å². The van der Waals surface area contributed by atoms with Crippen LogP contribution >= 0.6 is 0 Å². The van der Waals surface area contributed by atoms with Crippen molar-refractivity contribution in [3.05, 3.63) is 59.5 Å². The first kappa shape index (κ1) is 20.6. The molecule has 0 radical (unpaired) electrons. The molecule has 32 heavy (non-hydrogen) atoms. The molecule has 1 saturated carbocycles. The Morgan fingerprint density at radius 2 is 2.09 bits per heavy atom. The van der Waals surface area contributed by atoms with Crippen LogP contribution in [0.1, 0.15) is 41.7 Å². The third-order valence-electron chi connectivity index (χ3n) is 5.37. The van der Waals surface area contributed by atoms with E-state index in [9.17, 15) is 13.2 Å². The van der Waals surface area contributed by atoms with Crippen LogP contribution in [0.25, 0.3) is 0 Å². The van der Waals surface area contributed by atoms with E-state index in [1.165, 1.54) is 11.0 Å². The normalized spacial score (nSPS) is 16.0. The Balaban J connectivity index is 1.40. The lowest BCUT2D eigenvalue weighted by Gasteiger charge is -2.29. The van der Waals surface area contributed by atoms with E-state index in [0.717, 1.165) is 12.8 Å². The second kappa shape index (κ2) is 7.99. The predicted octanol–water partition coefficient (Wildman–Crippen LogP) is 2.05. The van der Waals surface area contributed by atoms with E-state index in [2.05, 4.69) is 19.8 Å². The van der Waals surface area contributed by atoms with Gasteiger partial charge in [-0.3, -0.25) is 14.7 Å². The van der Waals surface area contributed by atoms with Gasteiger partial charge >= 0.3 is 0 Å². The summed E-state index contributed by atoms with van der Waals surface area (Å²) in [6, 6.07) is 8.36. The number of hydrogen-bond donors (Lipinski definition) is 1. The fourth-order valence-corrected chi connectivity index (χ4v) is 4.75. The lowest BCUT2D eigenvalue weighted by molar-refractivity contribution is -0.121. The number of aromatic nitrogens is 3. The fourth-order valence-electron chi connectivity index (χ4n) is 3.51. The van der Waals surface area contributed by atoms with Crippen molar-refractivity contribution in [2.24, 2.45) is 0 Å². The van der Waals surface area contributed by atoms with Crippen LogP contribution in [0.4, 0.5) is 5.69 Å². The fraction of sp³-hybridized carbons (Fsp3) is 0.333. The van der Waals surface area contributed by atoms with Gasteiger partial charge in [-0.25, -0.2) is 13.1 Å². The molecular weight excluding hydrogens is 434 g/mol. The molecule has 0 atom stereocenters. The number of carbonyl (C=O) groups is 1. The van der Waals surface area contributed by atoms with Crippen LogP contribution in [0.3, 0.4) is 0 Å². The van der Waals surface area contributed by atoms with Gasteiger partial charge in [-0.05, 0) is 43.5 Å². The standard InChI is InChI=1S/C21H21N5O5S/c1-13-8-16-17(9-18(13)32(28,29)23-10-15-4-2-3-7-22-15)30-12-20(27)26(16)11-19-24-21(31-25-19)14-5-6-14/h2-4,7-9,14,23H,5-6,10-12H2,1H3. The predicted molar refractivity (Wildman–Crippen MR) is 112 cm³/mol. The average Bonchev–Trinajstić information content (AvgIpc) is 3.53. The zero-order valence-electron chi connectivity index (χ0n) is 17.3. The molecule has 11 heteroatoms. The Hall–Kier alpha value is -3.31. The zero-order valence-corrected chi connectivity index (χ0v) is 18.1. The maximum atomic E-state index is 12.9. The highest BCUT2D eigenvalue weighted by Gasteiger charge is 2.32. The number of rotatable bonds is 7. The molecule has 1 aliphatic heterocycles. The number of fused-ring (bicyclic) bond motifs is 1. The first-order valence-electron chi connectivity index (χ1n) is 10.2. The van der Waals surface area contributed by atoms with Crippen LogP contribution in [0.2, 0.25) is 0 Å². The third kappa shape index (κ3) is 4.08. The summed E-state index contributed by atoms with van der Waals surface area (Å²) in [6.45, 7) is 1.65. The van der Waals surface area contributed by atoms with Gasteiger partial charge < -0.3 is 9.26 Å². The Kier molecular flexibility index (Phi) is 5.14. The van der Waals surface area contributed by atoms with E-state index in [4.69, 9.17) is 9.26 Å². The number of nitrogens with one attached hydrogen (secondary N) is 1. The summed E-state index contributed by atoms with van der Waals surface area (Å²) in [7, 11) is -3.82. The maximum Gasteiger partial charge on any atom is 0.265 e. The number of sulfonamides is 1. The number of hydrogen-bond acceptors (Lipinski definition) is 8. The summed E-state index contributed by atoms with van der Waals surface area (Å²) in [5, 5.41) is 3.98. The first-order valence-corrected chi connectivity index (χ1v) is 11.7. The number of amides is 1. The topological polar surface area (TPSA) is 128 Å². The molecule has 166 valence electrons. The largest absolute Gasteiger partial charge is 0.482 e. The minimum absolute atomic E-state index is 0.0618. The van der Waals surface area contributed by atoms with Crippen LogP contribution in [-0.2, 0) is 27.9 Å². The summed E-state index contributed by atoms with van der Waals surface area (Å²) >= 11 is 0. The molecule has 0 saturated heterocycles. The second-order valence-electron chi connectivity index (χ2n) is 7.82. The Morgan fingerprint density at radius 3 is 2.84 bits per heavy atom. The number of pyridine rings is 1. The van der Waals surface area contributed by atoms with Crippen LogP contribution in [0, 0.1) is 6.92 Å². The molecule has 0 spiro atoms. The Labute approximate surface area is 184 Å². The number of benzene rings is 1. The SMILES string of the molecule is Cc1cc2c(cc1S(=O)(=O)NCc1ccccn1)OCC(=O)N2Cc1noc(C2CC2)n1. The highest BCUT2D eigenvalue weighted by atomic mass is 32.2. The van der Waals surface area contributed by atoms with Crippen molar-refractivity contribution < 1.29 is 22.5 Å². The molecule has 1 aromatic carbocycles. The summed E-state index contributed by atoms with van der Waals surface area (Å²) < 4.78 is 39.2. The molecule has 3 heterocycles. The average molecular weight is 455 g/mol. The van der Waals surface area contributed by atoms with E-state index in [1.54, 1.807) is 37.4 Å². The highest BCUT2D eigenvalue weighted by molar-refractivity contribution is 7.89. The van der Waals surface area contributed by atoms with Gasteiger partial charge in [0.1, 0.15) is 5.75 Å². The van der Waals surface area contributed by atoms with Crippen molar-refractivity contribution in [3.63, 3.8) is 0 Å². The van der Waals surface area contributed by atoms with Gasteiger partial charge in [0, 0.05) is 18.2 Å². The van der Waals surface area contributed by atoms with Gasteiger partial charge in [-0.15, -0.1) is 0 Å². The molecule has 1 aliphatic carbocycles. The molecule has 3 aromatic rings.